The van der Waals surface area contributed by atoms with Crippen LogP contribution in [0.25, 0.3) is 0 Å². The lowest BCUT2D eigenvalue weighted by Crippen LogP contribution is -2.46. The summed E-state index contributed by atoms with van der Waals surface area (Å²) in [7, 11) is 0. The molecule has 2 aromatic heterocycles. The lowest BCUT2D eigenvalue weighted by Gasteiger charge is -2.36. The first-order valence-corrected chi connectivity index (χ1v) is 9.54. The summed E-state index contributed by atoms with van der Waals surface area (Å²) in [6, 6.07) is 1.99. The third kappa shape index (κ3) is 4.20. The quantitative estimate of drug-likeness (QED) is 0.786. The van der Waals surface area contributed by atoms with E-state index >= 15 is 0 Å². The Morgan fingerprint density at radius 2 is 1.61 bits per heavy atom. The van der Waals surface area contributed by atoms with Crippen molar-refractivity contribution in [3.8, 4) is 0 Å². The number of piperazine rings is 1. The van der Waals surface area contributed by atoms with Gasteiger partial charge in [0.1, 0.15) is 17.5 Å². The number of ether oxygens (including phenoxy) is 1. The molecule has 2 aliphatic heterocycles. The maximum atomic E-state index is 13.8. The summed E-state index contributed by atoms with van der Waals surface area (Å²) in [6.07, 6.45) is 2.12. The number of aryl methyl sites for hydroxylation is 1. The van der Waals surface area contributed by atoms with Crippen molar-refractivity contribution in [3.05, 3.63) is 41.4 Å². The van der Waals surface area contributed by atoms with Crippen molar-refractivity contribution in [2.24, 2.45) is 0 Å². The van der Waals surface area contributed by atoms with E-state index < -0.39 is 11.6 Å². The molecule has 28 heavy (non-hydrogen) atoms. The fourth-order valence-corrected chi connectivity index (χ4v) is 3.55. The van der Waals surface area contributed by atoms with E-state index in [1.54, 1.807) is 0 Å². The molecule has 0 aromatic carbocycles. The maximum absolute atomic E-state index is 13.8. The Kier molecular flexibility index (Phi) is 5.63. The normalized spacial score (nSPS) is 18.5. The van der Waals surface area contributed by atoms with Crippen LogP contribution in [0.4, 0.5) is 20.5 Å². The van der Waals surface area contributed by atoms with Crippen LogP contribution in [0.2, 0.25) is 0 Å². The highest BCUT2D eigenvalue weighted by molar-refractivity contribution is 5.46. The molecule has 0 saturated carbocycles. The lowest BCUT2D eigenvalue weighted by molar-refractivity contribution is 0.122. The van der Waals surface area contributed by atoms with Gasteiger partial charge in [-0.15, -0.1) is 0 Å². The van der Waals surface area contributed by atoms with Gasteiger partial charge in [0.15, 0.2) is 0 Å². The van der Waals surface area contributed by atoms with E-state index in [1.807, 2.05) is 13.0 Å². The van der Waals surface area contributed by atoms with Crippen molar-refractivity contribution < 1.29 is 13.5 Å². The topological polar surface area (TPSA) is 57.6 Å². The number of nitrogens with zero attached hydrogens (tertiary/aromatic N) is 6. The van der Waals surface area contributed by atoms with Gasteiger partial charge in [-0.05, 0) is 6.92 Å². The van der Waals surface area contributed by atoms with Gasteiger partial charge in [0.05, 0.1) is 25.6 Å². The van der Waals surface area contributed by atoms with Crippen LogP contribution in [0.3, 0.4) is 0 Å². The van der Waals surface area contributed by atoms with Crippen LogP contribution in [-0.4, -0.2) is 72.3 Å². The van der Waals surface area contributed by atoms with Gasteiger partial charge >= 0.3 is 0 Å². The van der Waals surface area contributed by atoms with Gasteiger partial charge in [-0.1, -0.05) is 0 Å². The van der Waals surface area contributed by atoms with Crippen LogP contribution in [0.5, 0.6) is 0 Å². The minimum absolute atomic E-state index is 0.0796. The van der Waals surface area contributed by atoms with Gasteiger partial charge in [0.2, 0.25) is 5.95 Å². The van der Waals surface area contributed by atoms with Crippen LogP contribution in [0.1, 0.15) is 11.3 Å². The van der Waals surface area contributed by atoms with Crippen LogP contribution in [0, 0.1) is 18.6 Å². The highest BCUT2D eigenvalue weighted by Crippen LogP contribution is 2.21. The Bertz CT molecular complexity index is 802. The van der Waals surface area contributed by atoms with Crippen molar-refractivity contribution in [1.29, 1.82) is 0 Å². The lowest BCUT2D eigenvalue weighted by atomic mass is 10.2. The Morgan fingerprint density at radius 3 is 2.29 bits per heavy atom. The van der Waals surface area contributed by atoms with Gasteiger partial charge in [-0.3, -0.25) is 9.88 Å². The van der Waals surface area contributed by atoms with Crippen molar-refractivity contribution in [2.75, 3.05) is 62.3 Å². The SMILES string of the molecule is Cc1cc(N2CCN(Cc3c(F)cncc3F)CC2)nc(N2CCOCC2)n1. The van der Waals surface area contributed by atoms with E-state index in [0.29, 0.717) is 26.3 Å². The highest BCUT2D eigenvalue weighted by Gasteiger charge is 2.22. The Hall–Kier alpha value is -2.39. The monoisotopic (exact) mass is 390 g/mol. The highest BCUT2D eigenvalue weighted by atomic mass is 19.1. The molecular formula is C19H24F2N6O. The Labute approximate surface area is 163 Å². The number of anilines is 2. The van der Waals surface area contributed by atoms with Crippen molar-refractivity contribution in [1.82, 2.24) is 19.9 Å². The molecule has 2 fully saturated rings. The Morgan fingerprint density at radius 1 is 0.929 bits per heavy atom. The molecule has 0 bridgehead atoms. The second-order valence-corrected chi connectivity index (χ2v) is 7.11. The Balaban J connectivity index is 1.41. The largest absolute Gasteiger partial charge is 0.378 e. The van der Waals surface area contributed by atoms with E-state index in [0.717, 1.165) is 56.0 Å². The average Bonchev–Trinajstić information content (AvgIpc) is 2.71. The molecule has 0 unspecified atom stereocenters. The zero-order valence-electron chi connectivity index (χ0n) is 15.9. The fraction of sp³-hybridized carbons (Fsp3) is 0.526. The standard InChI is InChI=1S/C19H24F2N6O/c1-14-10-18(24-19(23-14)27-6-8-28-9-7-27)26-4-2-25(3-5-26)13-15-16(20)11-22-12-17(15)21/h10-12H,2-9,13H2,1H3. The third-order valence-corrected chi connectivity index (χ3v) is 5.15. The van der Waals surface area contributed by atoms with Gasteiger partial charge in [0, 0.05) is 63.1 Å². The number of pyridine rings is 1. The molecule has 4 heterocycles. The van der Waals surface area contributed by atoms with Crippen molar-refractivity contribution in [3.63, 3.8) is 0 Å². The summed E-state index contributed by atoms with van der Waals surface area (Å²) in [5, 5.41) is 0. The third-order valence-electron chi connectivity index (χ3n) is 5.15. The fourth-order valence-electron chi connectivity index (χ4n) is 3.55. The molecule has 2 aliphatic rings. The zero-order valence-corrected chi connectivity index (χ0v) is 15.9. The van der Waals surface area contributed by atoms with Crippen LogP contribution in [0.15, 0.2) is 18.5 Å². The summed E-state index contributed by atoms with van der Waals surface area (Å²) in [5.41, 5.74) is 1.01. The van der Waals surface area contributed by atoms with E-state index in [1.165, 1.54) is 0 Å². The number of rotatable bonds is 4. The first-order valence-electron chi connectivity index (χ1n) is 9.54. The minimum atomic E-state index is -0.594. The molecule has 0 radical (unpaired) electrons. The van der Waals surface area contributed by atoms with Crippen LogP contribution < -0.4 is 9.80 Å². The summed E-state index contributed by atoms with van der Waals surface area (Å²) in [4.78, 5) is 19.3. The molecule has 0 aliphatic carbocycles. The van der Waals surface area contributed by atoms with E-state index in [2.05, 4.69) is 24.7 Å². The maximum Gasteiger partial charge on any atom is 0.227 e. The van der Waals surface area contributed by atoms with E-state index in [-0.39, 0.29) is 12.1 Å². The first-order chi connectivity index (χ1) is 13.6. The molecule has 2 saturated heterocycles. The number of halogens is 2. The van der Waals surface area contributed by atoms with Gasteiger partial charge < -0.3 is 14.5 Å². The molecule has 0 N–H and O–H groups in total. The molecule has 0 amide bonds. The van der Waals surface area contributed by atoms with Gasteiger partial charge in [-0.25, -0.2) is 13.8 Å². The van der Waals surface area contributed by atoms with Crippen molar-refractivity contribution in [2.45, 2.75) is 13.5 Å². The molecule has 4 rings (SSSR count). The summed E-state index contributed by atoms with van der Waals surface area (Å²) in [5.74, 6) is 0.449. The summed E-state index contributed by atoms with van der Waals surface area (Å²) >= 11 is 0. The molecule has 0 spiro atoms. The molecular weight excluding hydrogens is 366 g/mol. The predicted octanol–water partition coefficient (Wildman–Crippen LogP) is 1.62. The first kappa shape index (κ1) is 18.9. The van der Waals surface area contributed by atoms with Gasteiger partial charge in [-0.2, -0.15) is 4.98 Å². The molecule has 150 valence electrons. The number of hydrogen-bond acceptors (Lipinski definition) is 7. The van der Waals surface area contributed by atoms with E-state index in [9.17, 15) is 8.78 Å². The van der Waals surface area contributed by atoms with Crippen LogP contribution in [-0.2, 0) is 11.3 Å². The van der Waals surface area contributed by atoms with Crippen LogP contribution >= 0.6 is 0 Å². The number of aromatic nitrogens is 3. The predicted molar refractivity (Wildman–Crippen MR) is 101 cm³/mol. The smallest absolute Gasteiger partial charge is 0.227 e. The second kappa shape index (κ2) is 8.32. The molecule has 9 heteroatoms. The van der Waals surface area contributed by atoms with E-state index in [4.69, 9.17) is 9.72 Å². The summed E-state index contributed by atoms with van der Waals surface area (Å²) < 4.78 is 33.1. The molecule has 7 nitrogen and oxygen atoms in total. The molecule has 2 aromatic rings. The molecule has 0 atom stereocenters. The van der Waals surface area contributed by atoms with Gasteiger partial charge in [0.25, 0.3) is 0 Å². The second-order valence-electron chi connectivity index (χ2n) is 7.11. The minimum Gasteiger partial charge on any atom is -0.378 e. The number of morpholine rings is 1. The summed E-state index contributed by atoms with van der Waals surface area (Å²) in [6.45, 7) is 8.07. The zero-order chi connectivity index (χ0) is 19.5. The number of hydrogen-bond donors (Lipinski definition) is 0. The average molecular weight is 390 g/mol. The van der Waals surface area contributed by atoms with Crippen molar-refractivity contribution >= 4 is 11.8 Å².